The number of nitrogens with one attached hydrogen (secondary N) is 2. The number of oxazole rings is 1. The van der Waals surface area contributed by atoms with Gasteiger partial charge in [-0.25, -0.2) is 9.97 Å². The largest absolute Gasteiger partial charge is 0.444 e. The Hall–Kier alpha value is -4.24. The highest BCUT2D eigenvalue weighted by molar-refractivity contribution is 6.04. The number of carbonyl (C=O) groups is 2. The molecule has 2 fully saturated rings. The molecule has 6 rings (SSSR count). The summed E-state index contributed by atoms with van der Waals surface area (Å²) in [5.41, 5.74) is 4.64. The standard InChI is InChI=1S/C34H40N6O3/c1-6-30(41)39-14-13-34(20-39)16-26(17-34)40-28-12-7-23(18-36-22(2)33(3,4)5)15-27(28)37-32(40)38-31(42)25-10-8-24(9-11-25)29-19-35-21-43-29/h6-12,15,19,21-22,26,36H,1,13-14,16-18,20H2,2-5H3,(H,37,38,42)/t22-,26-,34-/m0/s1. The number of imidazole rings is 1. The smallest absolute Gasteiger partial charge is 0.257 e. The van der Waals surface area contributed by atoms with Crippen molar-refractivity contribution in [2.75, 3.05) is 18.4 Å². The molecule has 1 aliphatic heterocycles. The average Bonchev–Trinajstić information content (AvgIpc) is 3.73. The Balaban J connectivity index is 1.26. The molecule has 1 spiro atoms. The number of benzene rings is 2. The Labute approximate surface area is 252 Å². The number of amides is 2. The van der Waals surface area contributed by atoms with Crippen LogP contribution in [0.1, 0.15) is 68.9 Å². The van der Waals surface area contributed by atoms with Crippen LogP contribution in [0.5, 0.6) is 0 Å². The summed E-state index contributed by atoms with van der Waals surface area (Å²) in [6.45, 7) is 14.8. The number of rotatable bonds is 8. The van der Waals surface area contributed by atoms with Gasteiger partial charge in [-0.2, -0.15) is 0 Å². The van der Waals surface area contributed by atoms with E-state index >= 15 is 0 Å². The van der Waals surface area contributed by atoms with Gasteiger partial charge in [-0.15, -0.1) is 0 Å². The van der Waals surface area contributed by atoms with Crippen molar-refractivity contribution in [3.63, 3.8) is 0 Å². The molecule has 0 bridgehead atoms. The number of hydrogen-bond acceptors (Lipinski definition) is 6. The zero-order chi connectivity index (χ0) is 30.4. The Morgan fingerprint density at radius 1 is 1.19 bits per heavy atom. The lowest BCUT2D eigenvalue weighted by molar-refractivity contribution is -0.125. The van der Waals surface area contributed by atoms with Gasteiger partial charge >= 0.3 is 0 Å². The van der Waals surface area contributed by atoms with E-state index in [9.17, 15) is 9.59 Å². The first kappa shape index (κ1) is 28.9. The van der Waals surface area contributed by atoms with E-state index in [1.165, 1.54) is 12.5 Å². The molecule has 2 amide bonds. The van der Waals surface area contributed by atoms with Gasteiger partial charge in [0.2, 0.25) is 11.9 Å². The first-order valence-electron chi connectivity index (χ1n) is 15.0. The molecular formula is C34H40N6O3. The van der Waals surface area contributed by atoms with Crippen molar-refractivity contribution in [1.82, 2.24) is 24.8 Å². The minimum Gasteiger partial charge on any atom is -0.444 e. The first-order valence-corrected chi connectivity index (χ1v) is 15.0. The molecule has 2 aliphatic rings. The summed E-state index contributed by atoms with van der Waals surface area (Å²) in [5, 5.41) is 6.74. The minimum absolute atomic E-state index is 0.00222. The van der Waals surface area contributed by atoms with E-state index in [2.05, 4.69) is 72.7 Å². The van der Waals surface area contributed by atoms with Crippen LogP contribution in [0.4, 0.5) is 5.95 Å². The SMILES string of the molecule is C=CC(=O)N1CC[C@]2(C1)C[C@H](n1c(NC(=O)c3ccc(-c4cnco4)cc3)nc3cc(CN[C@@H](C)C(C)(C)C)ccc31)C2. The van der Waals surface area contributed by atoms with Crippen molar-refractivity contribution in [3.05, 3.63) is 78.8 Å². The summed E-state index contributed by atoms with van der Waals surface area (Å²) in [4.78, 5) is 36.5. The van der Waals surface area contributed by atoms with E-state index in [4.69, 9.17) is 9.40 Å². The summed E-state index contributed by atoms with van der Waals surface area (Å²) in [5.74, 6) is 0.969. The third-order valence-electron chi connectivity index (χ3n) is 9.38. The third-order valence-corrected chi connectivity index (χ3v) is 9.38. The fraction of sp³-hybridized carbons (Fsp3) is 0.412. The van der Waals surface area contributed by atoms with Crippen LogP contribution >= 0.6 is 0 Å². The van der Waals surface area contributed by atoms with E-state index < -0.39 is 0 Å². The van der Waals surface area contributed by atoms with Gasteiger partial charge in [0.1, 0.15) is 0 Å². The van der Waals surface area contributed by atoms with E-state index in [-0.39, 0.29) is 28.7 Å². The van der Waals surface area contributed by atoms with Crippen LogP contribution in [-0.2, 0) is 11.3 Å². The van der Waals surface area contributed by atoms with Gasteiger partial charge in [-0.05, 0) is 72.9 Å². The number of hydrogen-bond donors (Lipinski definition) is 2. The molecule has 2 aromatic heterocycles. The van der Waals surface area contributed by atoms with Crippen molar-refractivity contribution < 1.29 is 14.0 Å². The van der Waals surface area contributed by atoms with Crippen LogP contribution < -0.4 is 10.6 Å². The van der Waals surface area contributed by atoms with Gasteiger partial charge in [0, 0.05) is 42.8 Å². The van der Waals surface area contributed by atoms with Crippen LogP contribution in [0.25, 0.3) is 22.4 Å². The number of nitrogens with zero attached hydrogens (tertiary/aromatic N) is 4. The lowest BCUT2D eigenvalue weighted by Gasteiger charge is -2.46. The van der Waals surface area contributed by atoms with Gasteiger partial charge in [-0.3, -0.25) is 14.9 Å². The molecule has 0 unspecified atom stereocenters. The van der Waals surface area contributed by atoms with Gasteiger partial charge in [0.15, 0.2) is 12.2 Å². The van der Waals surface area contributed by atoms with Crippen molar-refractivity contribution >= 4 is 28.8 Å². The van der Waals surface area contributed by atoms with Crippen molar-refractivity contribution in [2.45, 2.75) is 65.6 Å². The van der Waals surface area contributed by atoms with E-state index in [0.29, 0.717) is 23.3 Å². The molecule has 9 heteroatoms. The molecular weight excluding hydrogens is 540 g/mol. The molecule has 1 aliphatic carbocycles. The van der Waals surface area contributed by atoms with Gasteiger partial charge in [-0.1, -0.05) is 45.5 Å². The number of anilines is 1. The van der Waals surface area contributed by atoms with E-state index in [0.717, 1.165) is 61.1 Å². The summed E-state index contributed by atoms with van der Waals surface area (Å²) >= 11 is 0. The molecule has 4 aromatic rings. The maximum atomic E-state index is 13.4. The predicted octanol–water partition coefficient (Wildman–Crippen LogP) is 6.21. The quantitative estimate of drug-likeness (QED) is 0.240. The summed E-state index contributed by atoms with van der Waals surface area (Å²) in [7, 11) is 0. The lowest BCUT2D eigenvalue weighted by Crippen LogP contribution is -2.42. The van der Waals surface area contributed by atoms with Gasteiger partial charge in [0.05, 0.1) is 17.2 Å². The molecule has 43 heavy (non-hydrogen) atoms. The highest BCUT2D eigenvalue weighted by Crippen LogP contribution is 2.55. The third kappa shape index (κ3) is 5.73. The van der Waals surface area contributed by atoms with Crippen molar-refractivity contribution in [2.24, 2.45) is 10.8 Å². The predicted molar refractivity (Wildman–Crippen MR) is 167 cm³/mol. The number of fused-ring (bicyclic) bond motifs is 1. The van der Waals surface area contributed by atoms with Crippen LogP contribution in [0.3, 0.4) is 0 Å². The van der Waals surface area contributed by atoms with E-state index in [1.807, 2.05) is 17.0 Å². The molecule has 2 aromatic carbocycles. The van der Waals surface area contributed by atoms with Crippen LogP contribution in [0, 0.1) is 10.8 Å². The zero-order valence-electron chi connectivity index (χ0n) is 25.4. The maximum Gasteiger partial charge on any atom is 0.257 e. The second-order valence-electron chi connectivity index (χ2n) is 13.3. The fourth-order valence-electron chi connectivity index (χ4n) is 6.32. The average molecular weight is 581 g/mol. The Bertz CT molecular complexity index is 1640. The normalized spacial score (nSPS) is 20.7. The molecule has 9 nitrogen and oxygen atoms in total. The molecule has 224 valence electrons. The second-order valence-corrected chi connectivity index (χ2v) is 13.3. The first-order chi connectivity index (χ1) is 20.5. The Kier molecular flexibility index (Phi) is 7.46. The zero-order valence-corrected chi connectivity index (χ0v) is 25.4. The number of likely N-dealkylation sites (tertiary alicyclic amines) is 1. The van der Waals surface area contributed by atoms with Gasteiger partial charge in [0.25, 0.3) is 5.91 Å². The van der Waals surface area contributed by atoms with Crippen LogP contribution in [0.2, 0.25) is 0 Å². The molecule has 0 radical (unpaired) electrons. The topological polar surface area (TPSA) is 105 Å². The Morgan fingerprint density at radius 2 is 1.95 bits per heavy atom. The summed E-state index contributed by atoms with van der Waals surface area (Å²) in [6.07, 6.45) is 7.28. The molecule has 1 saturated heterocycles. The summed E-state index contributed by atoms with van der Waals surface area (Å²) in [6, 6.07) is 14.2. The molecule has 3 heterocycles. The number of carbonyl (C=O) groups excluding carboxylic acids is 2. The summed E-state index contributed by atoms with van der Waals surface area (Å²) < 4.78 is 7.57. The van der Waals surface area contributed by atoms with Crippen LogP contribution in [-0.4, -0.2) is 50.4 Å². The monoisotopic (exact) mass is 580 g/mol. The van der Waals surface area contributed by atoms with Crippen LogP contribution in [0.15, 0.2) is 72.1 Å². The van der Waals surface area contributed by atoms with Crippen molar-refractivity contribution in [1.29, 1.82) is 0 Å². The maximum absolute atomic E-state index is 13.4. The molecule has 1 saturated carbocycles. The van der Waals surface area contributed by atoms with Crippen molar-refractivity contribution in [3.8, 4) is 11.3 Å². The fourth-order valence-corrected chi connectivity index (χ4v) is 6.32. The molecule has 2 N–H and O–H groups in total. The highest BCUT2D eigenvalue weighted by atomic mass is 16.3. The lowest BCUT2D eigenvalue weighted by atomic mass is 9.64. The second kappa shape index (κ2) is 11.1. The van der Waals surface area contributed by atoms with E-state index in [1.54, 1.807) is 18.3 Å². The Morgan fingerprint density at radius 3 is 2.63 bits per heavy atom. The van der Waals surface area contributed by atoms with Gasteiger partial charge < -0.3 is 19.2 Å². The number of aromatic nitrogens is 3. The minimum atomic E-state index is -0.223. The molecule has 1 atom stereocenters. The highest BCUT2D eigenvalue weighted by Gasteiger charge is 2.50.